The van der Waals surface area contributed by atoms with Crippen LogP contribution in [0.3, 0.4) is 0 Å². The largest absolute Gasteiger partial charge is 0.481 e. The van der Waals surface area contributed by atoms with Crippen LogP contribution < -0.4 is 0 Å². The van der Waals surface area contributed by atoms with Gasteiger partial charge < -0.3 is 5.11 Å². The lowest BCUT2D eigenvalue weighted by atomic mass is 9.94. The van der Waals surface area contributed by atoms with Crippen LogP contribution in [0.5, 0.6) is 0 Å². The molecule has 1 unspecified atom stereocenters. The molecule has 2 nitrogen and oxygen atoms in total. The van der Waals surface area contributed by atoms with Crippen molar-refractivity contribution in [2.24, 2.45) is 5.92 Å². The van der Waals surface area contributed by atoms with Gasteiger partial charge in [0.1, 0.15) is 5.82 Å². The van der Waals surface area contributed by atoms with Crippen LogP contribution in [0.15, 0.2) is 18.2 Å². The fourth-order valence-corrected chi connectivity index (χ4v) is 2.06. The molecule has 80 valence electrons. The van der Waals surface area contributed by atoms with E-state index in [2.05, 4.69) is 0 Å². The molecular weight excluding hydrogens is 219 g/mol. The highest BCUT2D eigenvalue weighted by atomic mass is 35.5. The minimum absolute atomic E-state index is 0.158. The van der Waals surface area contributed by atoms with Crippen LogP contribution in [0.1, 0.15) is 24.3 Å². The summed E-state index contributed by atoms with van der Waals surface area (Å²) in [6.07, 6.45) is 1.81. The Morgan fingerprint density at radius 2 is 2.20 bits per heavy atom. The first kappa shape index (κ1) is 10.4. The monoisotopic (exact) mass is 228 g/mol. The number of hydrogen-bond acceptors (Lipinski definition) is 1. The Bertz CT molecular complexity index is 402. The number of halogens is 2. The predicted octanol–water partition coefficient (Wildman–Crippen LogP) is 3.06. The van der Waals surface area contributed by atoms with Crippen LogP contribution in [-0.2, 0) is 4.79 Å². The third-order valence-electron chi connectivity index (χ3n) is 2.66. The molecule has 1 aromatic rings. The third-order valence-corrected chi connectivity index (χ3v) is 2.98. The molecule has 0 saturated heterocycles. The maximum absolute atomic E-state index is 12.8. The molecule has 1 atom stereocenters. The van der Waals surface area contributed by atoms with E-state index < -0.39 is 17.7 Å². The Labute approximate surface area is 91.7 Å². The van der Waals surface area contributed by atoms with E-state index in [-0.39, 0.29) is 10.9 Å². The number of hydrogen-bond donors (Lipinski definition) is 1. The molecule has 1 aliphatic rings. The highest BCUT2D eigenvalue weighted by molar-refractivity contribution is 6.31. The van der Waals surface area contributed by atoms with E-state index in [9.17, 15) is 9.18 Å². The molecule has 0 bridgehead atoms. The van der Waals surface area contributed by atoms with E-state index >= 15 is 0 Å². The van der Waals surface area contributed by atoms with E-state index in [0.717, 1.165) is 18.9 Å². The molecule has 1 fully saturated rings. The van der Waals surface area contributed by atoms with Crippen molar-refractivity contribution in [3.63, 3.8) is 0 Å². The smallest absolute Gasteiger partial charge is 0.311 e. The molecule has 0 heterocycles. The van der Waals surface area contributed by atoms with Gasteiger partial charge in [0.2, 0.25) is 0 Å². The van der Waals surface area contributed by atoms with Crippen LogP contribution in [-0.4, -0.2) is 11.1 Å². The molecule has 1 N–H and O–H groups in total. The van der Waals surface area contributed by atoms with Crippen molar-refractivity contribution >= 4 is 17.6 Å². The first-order valence-corrected chi connectivity index (χ1v) is 5.15. The molecule has 0 aliphatic heterocycles. The molecule has 2 rings (SSSR count). The summed E-state index contributed by atoms with van der Waals surface area (Å²) < 4.78 is 12.8. The van der Waals surface area contributed by atoms with E-state index in [1.54, 1.807) is 0 Å². The second-order valence-electron chi connectivity index (χ2n) is 3.82. The van der Waals surface area contributed by atoms with Gasteiger partial charge in [0.15, 0.2) is 0 Å². The first-order valence-electron chi connectivity index (χ1n) is 4.77. The second kappa shape index (κ2) is 3.81. The Morgan fingerprint density at radius 3 is 2.67 bits per heavy atom. The number of aliphatic carboxylic acids is 1. The van der Waals surface area contributed by atoms with Gasteiger partial charge >= 0.3 is 5.97 Å². The molecular formula is C11H10ClFO2. The van der Waals surface area contributed by atoms with E-state index in [1.165, 1.54) is 12.1 Å². The van der Waals surface area contributed by atoms with Crippen molar-refractivity contribution < 1.29 is 14.3 Å². The Kier molecular flexibility index (Phi) is 2.65. The molecule has 4 heteroatoms. The maximum Gasteiger partial charge on any atom is 0.311 e. The number of carbonyl (C=O) groups is 1. The standard InChI is InChI=1S/C11H10ClFO2/c12-9-5-7(13)3-4-8(9)10(11(14)15)6-1-2-6/h3-6,10H,1-2H2,(H,14,15). The summed E-state index contributed by atoms with van der Waals surface area (Å²) in [6, 6.07) is 3.88. The fraction of sp³-hybridized carbons (Fsp3) is 0.364. The summed E-state index contributed by atoms with van der Waals surface area (Å²) in [5.41, 5.74) is 0.521. The molecule has 0 amide bonds. The molecule has 1 aliphatic carbocycles. The van der Waals surface area contributed by atoms with Crippen LogP contribution in [0, 0.1) is 11.7 Å². The topological polar surface area (TPSA) is 37.3 Å². The summed E-state index contributed by atoms with van der Waals surface area (Å²) in [5, 5.41) is 9.28. The number of carboxylic acids is 1. The average Bonchev–Trinajstić information content (AvgIpc) is 2.92. The van der Waals surface area contributed by atoms with Crippen molar-refractivity contribution in [1.82, 2.24) is 0 Å². The van der Waals surface area contributed by atoms with Gasteiger partial charge in [0, 0.05) is 5.02 Å². The Morgan fingerprint density at radius 1 is 1.53 bits per heavy atom. The summed E-state index contributed by atoms with van der Waals surface area (Å²) in [6.45, 7) is 0. The van der Waals surface area contributed by atoms with Crippen molar-refractivity contribution in [1.29, 1.82) is 0 Å². The predicted molar refractivity (Wildman–Crippen MR) is 54.5 cm³/mol. The molecule has 1 saturated carbocycles. The summed E-state index contributed by atoms with van der Waals surface area (Å²) in [7, 11) is 0. The second-order valence-corrected chi connectivity index (χ2v) is 4.23. The van der Waals surface area contributed by atoms with E-state index in [4.69, 9.17) is 16.7 Å². The Balaban J connectivity index is 2.37. The van der Waals surface area contributed by atoms with Crippen molar-refractivity contribution in [2.45, 2.75) is 18.8 Å². The third kappa shape index (κ3) is 2.12. The van der Waals surface area contributed by atoms with Gasteiger partial charge in [0.05, 0.1) is 5.92 Å². The first-order chi connectivity index (χ1) is 7.09. The number of carboxylic acid groups (broad SMARTS) is 1. The Hall–Kier alpha value is -1.09. The van der Waals surface area contributed by atoms with Gasteiger partial charge in [-0.05, 0) is 36.5 Å². The summed E-state index contributed by atoms with van der Waals surface area (Å²) in [5.74, 6) is -1.75. The SMILES string of the molecule is O=C(O)C(c1ccc(F)cc1Cl)C1CC1. The molecule has 15 heavy (non-hydrogen) atoms. The lowest BCUT2D eigenvalue weighted by Gasteiger charge is -2.13. The molecule has 0 spiro atoms. The highest BCUT2D eigenvalue weighted by Crippen LogP contribution is 2.44. The lowest BCUT2D eigenvalue weighted by Crippen LogP contribution is -2.14. The van der Waals surface area contributed by atoms with Crippen LogP contribution in [0.2, 0.25) is 5.02 Å². The maximum atomic E-state index is 12.8. The van der Waals surface area contributed by atoms with Gasteiger partial charge in [-0.25, -0.2) is 4.39 Å². The molecule has 0 aromatic heterocycles. The van der Waals surface area contributed by atoms with E-state index in [1.807, 2.05) is 0 Å². The minimum atomic E-state index is -0.883. The van der Waals surface area contributed by atoms with Gasteiger partial charge in [-0.15, -0.1) is 0 Å². The average molecular weight is 229 g/mol. The number of rotatable bonds is 3. The van der Waals surface area contributed by atoms with E-state index in [0.29, 0.717) is 5.56 Å². The van der Waals surface area contributed by atoms with Gasteiger partial charge in [-0.2, -0.15) is 0 Å². The summed E-state index contributed by atoms with van der Waals surface area (Å²) >= 11 is 5.84. The van der Waals surface area contributed by atoms with Crippen molar-refractivity contribution in [3.05, 3.63) is 34.6 Å². The van der Waals surface area contributed by atoms with Crippen molar-refractivity contribution in [2.75, 3.05) is 0 Å². The minimum Gasteiger partial charge on any atom is -0.481 e. The van der Waals surface area contributed by atoms with Crippen LogP contribution in [0.4, 0.5) is 4.39 Å². The summed E-state index contributed by atoms with van der Waals surface area (Å²) in [4.78, 5) is 11.1. The quantitative estimate of drug-likeness (QED) is 0.863. The van der Waals surface area contributed by atoms with Crippen LogP contribution >= 0.6 is 11.6 Å². The zero-order chi connectivity index (χ0) is 11.0. The zero-order valence-electron chi connectivity index (χ0n) is 7.91. The van der Waals surface area contributed by atoms with Gasteiger partial charge in [-0.1, -0.05) is 17.7 Å². The lowest BCUT2D eigenvalue weighted by molar-refractivity contribution is -0.139. The molecule has 1 aromatic carbocycles. The zero-order valence-corrected chi connectivity index (χ0v) is 8.67. The highest BCUT2D eigenvalue weighted by Gasteiger charge is 2.38. The van der Waals surface area contributed by atoms with Crippen molar-refractivity contribution in [3.8, 4) is 0 Å². The fourth-order valence-electron chi connectivity index (χ4n) is 1.77. The van der Waals surface area contributed by atoms with Gasteiger partial charge in [-0.3, -0.25) is 4.79 Å². The molecule has 0 radical (unpaired) electrons. The normalized spacial score (nSPS) is 17.5. The number of benzene rings is 1. The van der Waals surface area contributed by atoms with Gasteiger partial charge in [0.25, 0.3) is 0 Å². The van der Waals surface area contributed by atoms with Crippen LogP contribution in [0.25, 0.3) is 0 Å².